The Hall–Kier alpha value is -4.91. The molecule has 19 nitrogen and oxygen atoms in total. The van der Waals surface area contributed by atoms with E-state index < -0.39 is 132 Å². The van der Waals surface area contributed by atoms with Crippen molar-refractivity contribution in [2.24, 2.45) is 35.5 Å². The molecular formula is C57H96N6O13. The minimum Gasteiger partial charge on any atom is -0.462 e. The second-order valence-corrected chi connectivity index (χ2v) is 23.1. The number of likely N-dealkylation sites (N-methyl/N-ethyl adjacent to an activating group) is 4. The Morgan fingerprint density at radius 1 is 0.618 bits per heavy atom. The number of aliphatic hydroxyl groups excluding tert-OH is 1. The molecule has 0 unspecified atom stereocenters. The lowest BCUT2D eigenvalue weighted by atomic mass is 9.93. The van der Waals surface area contributed by atoms with E-state index in [1.54, 1.807) is 47.7 Å². The molecule has 12 atom stereocenters. The summed E-state index contributed by atoms with van der Waals surface area (Å²) in [5.74, 6) is -6.94. The summed E-state index contributed by atoms with van der Waals surface area (Å²) in [6.07, 6.45) is 3.67. The van der Waals surface area contributed by atoms with Crippen LogP contribution >= 0.6 is 0 Å². The number of methoxy groups -OCH3 is 1. The molecule has 0 aliphatic carbocycles. The van der Waals surface area contributed by atoms with Gasteiger partial charge >= 0.3 is 11.9 Å². The lowest BCUT2D eigenvalue weighted by Crippen LogP contribution is -2.62. The average molecular weight is 1070 g/mol. The van der Waals surface area contributed by atoms with E-state index in [1.807, 2.05) is 48.5 Å². The lowest BCUT2D eigenvalue weighted by Gasteiger charge is -2.41. The number of rotatable bonds is 7. The first kappa shape index (κ1) is 65.4. The van der Waals surface area contributed by atoms with Crippen molar-refractivity contribution >= 4 is 53.2 Å². The number of ether oxygens (including phenoxy) is 3. The van der Waals surface area contributed by atoms with Crippen LogP contribution in [0.1, 0.15) is 154 Å². The molecule has 0 saturated carbocycles. The van der Waals surface area contributed by atoms with E-state index in [0.29, 0.717) is 76.3 Å². The SMILES string of the molecule is CC[C@H](C)[C@H]1C(=O)N(C)[C@@H](C(C)C)C(=O)N(C)[C@@H](COC)C(=O)N2CCC[C@H]2C(=O)N(C)[C@@H](C(C)C)C(=O)N2CCC[C@H]2C(=O)O[C@H](C(C)C)CCCC[C@@H](O)[C@@H](C)C(=O)O[C@H](C)[C@@H](C)CC=C(C)C(=O)CC(=O)N1C. The number of hydrogen-bond acceptors (Lipinski definition) is 13. The summed E-state index contributed by atoms with van der Waals surface area (Å²) in [6.45, 7) is 21.9. The fraction of sp³-hybridized carbons (Fsp3) is 0.807. The van der Waals surface area contributed by atoms with Crippen molar-refractivity contribution in [3.63, 3.8) is 0 Å². The zero-order valence-corrected chi connectivity index (χ0v) is 49.2. The molecule has 2 fully saturated rings. The van der Waals surface area contributed by atoms with E-state index in [4.69, 9.17) is 14.2 Å². The number of nitrogens with zero attached hydrogens (tertiary/aromatic N) is 6. The Kier molecular flexibility index (Phi) is 25.6. The second kappa shape index (κ2) is 29.7. The second-order valence-electron chi connectivity index (χ2n) is 23.1. The number of fused-ring (bicyclic) bond motifs is 2. The highest BCUT2D eigenvalue weighted by Gasteiger charge is 2.47. The van der Waals surface area contributed by atoms with Crippen LogP contribution in [0.25, 0.3) is 0 Å². The number of allylic oxidation sites excluding steroid dienone is 2. The topological polar surface area (TPSA) is 221 Å². The first-order valence-electron chi connectivity index (χ1n) is 28.0. The molecule has 0 aromatic heterocycles. The van der Waals surface area contributed by atoms with Gasteiger partial charge in [0.2, 0.25) is 35.4 Å². The maximum Gasteiger partial charge on any atom is 0.329 e. The quantitative estimate of drug-likeness (QED) is 0.254. The summed E-state index contributed by atoms with van der Waals surface area (Å²) in [7, 11) is 7.37. The predicted octanol–water partition coefficient (Wildman–Crippen LogP) is 5.28. The third kappa shape index (κ3) is 16.3. The van der Waals surface area contributed by atoms with E-state index >= 15 is 0 Å². The Morgan fingerprint density at radius 3 is 1.70 bits per heavy atom. The van der Waals surface area contributed by atoms with Crippen LogP contribution in [0.15, 0.2) is 11.6 Å². The number of carbonyl (C=O) groups is 9. The fourth-order valence-electron chi connectivity index (χ4n) is 10.8. The van der Waals surface area contributed by atoms with E-state index in [1.165, 1.54) is 57.7 Å². The van der Waals surface area contributed by atoms with Crippen molar-refractivity contribution in [2.75, 3.05) is 55.0 Å². The summed E-state index contributed by atoms with van der Waals surface area (Å²) in [6, 6.07) is -6.19. The van der Waals surface area contributed by atoms with Gasteiger partial charge in [0.25, 0.3) is 0 Å². The van der Waals surface area contributed by atoms with Crippen LogP contribution in [-0.2, 0) is 57.4 Å². The molecule has 0 spiro atoms. The Bertz CT molecular complexity index is 2060. The third-order valence-corrected chi connectivity index (χ3v) is 16.4. The van der Waals surface area contributed by atoms with Crippen LogP contribution in [0.2, 0.25) is 0 Å². The minimum atomic E-state index is -1.21. The van der Waals surface area contributed by atoms with Gasteiger partial charge in [0.1, 0.15) is 48.5 Å². The van der Waals surface area contributed by atoms with E-state index in [-0.39, 0.29) is 30.9 Å². The first-order chi connectivity index (χ1) is 35.5. The number of aliphatic hydroxyl groups is 1. The van der Waals surface area contributed by atoms with Crippen LogP contribution in [0.5, 0.6) is 0 Å². The fourth-order valence-corrected chi connectivity index (χ4v) is 10.8. The lowest BCUT2D eigenvalue weighted by molar-refractivity contribution is -0.163. The van der Waals surface area contributed by atoms with Gasteiger partial charge in [-0.1, -0.05) is 81.2 Å². The number of amides is 6. The largest absolute Gasteiger partial charge is 0.462 e. The highest BCUT2D eigenvalue weighted by Crippen LogP contribution is 2.30. The maximum absolute atomic E-state index is 14.8. The smallest absolute Gasteiger partial charge is 0.329 e. The molecule has 2 saturated heterocycles. The molecule has 0 aromatic carbocycles. The molecule has 3 rings (SSSR count). The Labute approximate surface area is 454 Å². The molecule has 0 aromatic rings. The minimum absolute atomic E-state index is 0.0568. The summed E-state index contributed by atoms with van der Waals surface area (Å²) in [5.41, 5.74) is 0.331. The van der Waals surface area contributed by atoms with E-state index in [9.17, 15) is 48.3 Å². The van der Waals surface area contributed by atoms with Crippen LogP contribution in [0.4, 0.5) is 0 Å². The van der Waals surface area contributed by atoms with E-state index in [2.05, 4.69) is 0 Å². The summed E-state index contributed by atoms with van der Waals surface area (Å²) in [4.78, 5) is 137. The van der Waals surface area contributed by atoms with Gasteiger partial charge in [-0.15, -0.1) is 0 Å². The van der Waals surface area contributed by atoms with Crippen molar-refractivity contribution in [2.45, 2.75) is 208 Å². The number of cyclic esters (lactones) is 2. The standard InChI is InChI=1S/C57H96N6O13/c1-18-36(8)50-54(70)61(16)48(34(4)5)53(69)58(13)43(32-74-17)52(68)62-29-21-23-41(62)51(67)60(15)49(35(6)7)55(71)63-30-22-24-42(63)57(73)76-46(33(2)3)26-20-19-25-44(64)39(11)56(72)75-40(12)37(9)27-28-38(10)45(65)31-47(66)59(50)14/h28,33-37,39-44,46,48-50,64H,18-27,29-32H2,1-17H3/t36-,37-,39+,40+,41-,42-,43-,44+,46-,48-,49-,50-/m0/s1. The van der Waals surface area contributed by atoms with Crippen molar-refractivity contribution < 1.29 is 62.5 Å². The molecule has 0 bridgehead atoms. The summed E-state index contributed by atoms with van der Waals surface area (Å²) in [5, 5.41) is 11.1. The van der Waals surface area contributed by atoms with Gasteiger partial charge in [0, 0.05) is 48.4 Å². The zero-order valence-electron chi connectivity index (χ0n) is 49.2. The van der Waals surface area contributed by atoms with Crippen molar-refractivity contribution in [1.29, 1.82) is 0 Å². The predicted molar refractivity (Wildman–Crippen MR) is 288 cm³/mol. The van der Waals surface area contributed by atoms with Gasteiger partial charge < -0.3 is 48.7 Å². The molecule has 1 N–H and O–H groups in total. The van der Waals surface area contributed by atoms with Gasteiger partial charge in [-0.2, -0.15) is 0 Å². The number of ketones is 1. The van der Waals surface area contributed by atoms with Crippen LogP contribution in [0.3, 0.4) is 0 Å². The molecule has 3 aliphatic heterocycles. The molecule has 19 heteroatoms. The molecule has 0 radical (unpaired) electrons. The van der Waals surface area contributed by atoms with Gasteiger partial charge in [0.05, 0.1) is 25.0 Å². The highest BCUT2D eigenvalue weighted by atomic mass is 16.6. The van der Waals surface area contributed by atoms with Crippen molar-refractivity contribution in [3.05, 3.63) is 11.6 Å². The van der Waals surface area contributed by atoms with Gasteiger partial charge in [-0.05, 0) is 107 Å². The molecule has 3 heterocycles. The normalized spacial score (nSPS) is 30.8. The van der Waals surface area contributed by atoms with Crippen LogP contribution < -0.4 is 0 Å². The maximum atomic E-state index is 14.8. The molecule has 3 aliphatic rings. The Morgan fingerprint density at radius 2 is 1.14 bits per heavy atom. The highest BCUT2D eigenvalue weighted by molar-refractivity contribution is 6.07. The van der Waals surface area contributed by atoms with Crippen LogP contribution in [-0.4, -0.2) is 197 Å². The van der Waals surface area contributed by atoms with Gasteiger partial charge in [-0.25, -0.2) is 4.79 Å². The molecular weight excluding hydrogens is 977 g/mol. The van der Waals surface area contributed by atoms with Crippen molar-refractivity contribution in [3.8, 4) is 0 Å². The number of hydrogen-bond donors (Lipinski definition) is 1. The van der Waals surface area contributed by atoms with Crippen molar-refractivity contribution in [1.82, 2.24) is 29.4 Å². The summed E-state index contributed by atoms with van der Waals surface area (Å²) >= 11 is 0. The summed E-state index contributed by atoms with van der Waals surface area (Å²) < 4.78 is 17.5. The monoisotopic (exact) mass is 1070 g/mol. The Balaban J connectivity index is 2.06. The van der Waals surface area contributed by atoms with Gasteiger partial charge in [0.15, 0.2) is 5.78 Å². The number of carbonyl (C=O) groups excluding carboxylic acids is 9. The van der Waals surface area contributed by atoms with Crippen LogP contribution in [0, 0.1) is 35.5 Å². The average Bonchev–Trinajstić information content (AvgIpc) is 4.08. The first-order valence-corrected chi connectivity index (χ1v) is 28.0. The molecule has 432 valence electrons. The third-order valence-electron chi connectivity index (χ3n) is 16.4. The molecule has 76 heavy (non-hydrogen) atoms. The number of Topliss-reactive ketones (excluding diaryl/α,β-unsaturated/α-hetero) is 1. The molecule has 6 amide bonds. The van der Waals surface area contributed by atoms with Gasteiger partial charge in [-0.3, -0.25) is 38.4 Å². The van der Waals surface area contributed by atoms with E-state index in [0.717, 1.165) is 0 Å². The number of esters is 2. The zero-order chi connectivity index (χ0) is 57.6.